The summed E-state index contributed by atoms with van der Waals surface area (Å²) in [5.74, 6) is -0.622. The number of hydrogen-bond donors (Lipinski definition) is 0. The van der Waals surface area contributed by atoms with Crippen LogP contribution in [0.15, 0.2) is 24.3 Å². The van der Waals surface area contributed by atoms with E-state index >= 15 is 0 Å². The highest BCUT2D eigenvalue weighted by Gasteiger charge is 2.70. The van der Waals surface area contributed by atoms with Crippen molar-refractivity contribution in [1.82, 2.24) is 4.90 Å². The first-order chi connectivity index (χ1) is 10.4. The predicted molar refractivity (Wildman–Crippen MR) is 75.9 cm³/mol. The number of Topliss-reactive ketones (excluding diaryl/α,β-unsaturated/α-hetero) is 1. The van der Waals surface area contributed by atoms with Gasteiger partial charge in [0.15, 0.2) is 0 Å². The molecule has 0 amide bonds. The minimum Gasteiger partial charge on any atom is -0.289 e. The fraction of sp³-hybridized carbons (Fsp3) is 0.500. The van der Waals surface area contributed by atoms with Crippen LogP contribution < -0.4 is 0 Å². The van der Waals surface area contributed by atoms with E-state index in [1.165, 1.54) is 6.07 Å². The summed E-state index contributed by atoms with van der Waals surface area (Å²) in [4.78, 5) is 36.8. The van der Waals surface area contributed by atoms with Gasteiger partial charge in [0.2, 0.25) is 5.78 Å². The van der Waals surface area contributed by atoms with E-state index < -0.39 is 26.7 Å². The van der Waals surface area contributed by atoms with Crippen molar-refractivity contribution in [3.8, 4) is 0 Å². The summed E-state index contributed by atoms with van der Waals surface area (Å²) >= 11 is 0. The average Bonchev–Trinajstić information content (AvgIpc) is 2.52. The number of nitro groups is 2. The molecule has 8 nitrogen and oxygen atoms in total. The number of hydrogen-bond acceptors (Lipinski definition) is 6. The maximum Gasteiger partial charge on any atom is 0.303 e. The predicted octanol–water partition coefficient (Wildman–Crippen LogP) is 1.10. The van der Waals surface area contributed by atoms with E-state index in [1.54, 1.807) is 30.0 Å². The molecule has 3 rings (SSSR count). The SMILES string of the molecule is CCN1C[C@]2([N+](=O)[O-])C[C@]([N+](=O)[O-])(C1)c1ccccc1C2=O. The quantitative estimate of drug-likeness (QED) is 0.611. The lowest BCUT2D eigenvalue weighted by Crippen LogP contribution is -2.69. The molecule has 1 aliphatic carbocycles. The van der Waals surface area contributed by atoms with Gasteiger partial charge in [-0.05, 0) is 6.54 Å². The van der Waals surface area contributed by atoms with Crippen LogP contribution in [0.2, 0.25) is 0 Å². The molecule has 1 heterocycles. The van der Waals surface area contributed by atoms with E-state index in [-0.39, 0.29) is 25.1 Å². The summed E-state index contributed by atoms with van der Waals surface area (Å²) in [6.07, 6.45) is -0.383. The summed E-state index contributed by atoms with van der Waals surface area (Å²) in [6, 6.07) is 6.20. The minimum atomic E-state index is -1.93. The van der Waals surface area contributed by atoms with Crippen LogP contribution in [0.1, 0.15) is 29.3 Å². The van der Waals surface area contributed by atoms with Crippen molar-refractivity contribution < 1.29 is 14.6 Å². The summed E-state index contributed by atoms with van der Waals surface area (Å²) < 4.78 is 0. The molecular formula is C14H15N3O5. The lowest BCUT2D eigenvalue weighted by molar-refractivity contribution is -0.623. The third-order valence-corrected chi connectivity index (χ3v) is 4.80. The van der Waals surface area contributed by atoms with E-state index in [2.05, 4.69) is 0 Å². The molecule has 1 aromatic carbocycles. The van der Waals surface area contributed by atoms with Gasteiger partial charge in [0.1, 0.15) is 6.42 Å². The van der Waals surface area contributed by atoms with Crippen molar-refractivity contribution in [3.05, 3.63) is 55.6 Å². The fourth-order valence-electron chi connectivity index (χ4n) is 3.71. The molecule has 1 saturated heterocycles. The largest absolute Gasteiger partial charge is 0.303 e. The molecule has 0 unspecified atom stereocenters. The molecule has 1 fully saturated rings. The Morgan fingerprint density at radius 1 is 1.14 bits per heavy atom. The van der Waals surface area contributed by atoms with Crippen molar-refractivity contribution in [1.29, 1.82) is 0 Å². The van der Waals surface area contributed by atoms with Crippen LogP contribution in [0, 0.1) is 20.2 Å². The molecule has 0 radical (unpaired) electrons. The standard InChI is InChI=1S/C14H15N3O5/c1-2-15-8-13(16(19)20)7-14(9-15,17(21)22)12(18)10-5-3-4-6-11(10)13/h3-6H,2,7-9H2,1H3/t13-,14+/m0/s1. The van der Waals surface area contributed by atoms with Gasteiger partial charge in [0.25, 0.3) is 5.54 Å². The summed E-state index contributed by atoms with van der Waals surface area (Å²) in [7, 11) is 0. The highest BCUT2D eigenvalue weighted by molar-refractivity contribution is 6.05. The van der Waals surface area contributed by atoms with Crippen molar-refractivity contribution in [3.63, 3.8) is 0 Å². The normalized spacial score (nSPS) is 30.7. The molecule has 0 saturated carbocycles. The van der Waals surface area contributed by atoms with Gasteiger partial charge in [-0.25, -0.2) is 0 Å². The number of rotatable bonds is 3. The first-order valence-corrected chi connectivity index (χ1v) is 7.03. The molecule has 1 aromatic rings. The Morgan fingerprint density at radius 3 is 2.32 bits per heavy atom. The van der Waals surface area contributed by atoms with Crippen LogP contribution in [0.4, 0.5) is 0 Å². The maximum atomic E-state index is 12.7. The fourth-order valence-corrected chi connectivity index (χ4v) is 3.71. The third-order valence-electron chi connectivity index (χ3n) is 4.80. The number of carbonyl (C=O) groups is 1. The first kappa shape index (κ1) is 14.6. The molecule has 0 spiro atoms. The smallest absolute Gasteiger partial charge is 0.289 e. The molecule has 2 aliphatic rings. The lowest BCUT2D eigenvalue weighted by Gasteiger charge is -2.45. The highest BCUT2D eigenvalue weighted by Crippen LogP contribution is 2.47. The van der Waals surface area contributed by atoms with Crippen molar-refractivity contribution in [2.75, 3.05) is 19.6 Å². The molecule has 2 bridgehead atoms. The summed E-state index contributed by atoms with van der Waals surface area (Å²) in [5.41, 5.74) is -3.14. The molecule has 8 heteroatoms. The Bertz CT molecular complexity index is 691. The summed E-state index contributed by atoms with van der Waals surface area (Å²) in [6.45, 7) is 2.19. The van der Waals surface area contributed by atoms with Crippen molar-refractivity contribution in [2.45, 2.75) is 24.4 Å². The van der Waals surface area contributed by atoms with Crippen LogP contribution in [0.25, 0.3) is 0 Å². The number of likely N-dealkylation sites (tertiary alicyclic amines) is 1. The Labute approximate surface area is 126 Å². The number of ketones is 1. The number of piperidine rings is 1. The van der Waals surface area contributed by atoms with Gasteiger partial charge in [-0.15, -0.1) is 0 Å². The van der Waals surface area contributed by atoms with E-state index in [1.807, 2.05) is 0 Å². The average molecular weight is 305 g/mol. The van der Waals surface area contributed by atoms with Crippen LogP contribution in [0.3, 0.4) is 0 Å². The second-order valence-corrected chi connectivity index (χ2v) is 5.93. The van der Waals surface area contributed by atoms with Gasteiger partial charge in [0.05, 0.1) is 13.1 Å². The van der Waals surface area contributed by atoms with E-state index in [9.17, 15) is 25.0 Å². The van der Waals surface area contributed by atoms with Crippen LogP contribution in [0.5, 0.6) is 0 Å². The number of benzene rings is 1. The Morgan fingerprint density at radius 2 is 1.73 bits per heavy atom. The number of nitrogens with zero attached hydrogens (tertiary/aromatic N) is 3. The van der Waals surface area contributed by atoms with Gasteiger partial charge in [-0.1, -0.05) is 31.2 Å². The zero-order chi connectivity index (χ0) is 16.1. The topological polar surface area (TPSA) is 107 Å². The van der Waals surface area contributed by atoms with Crippen LogP contribution >= 0.6 is 0 Å². The molecular weight excluding hydrogens is 290 g/mol. The van der Waals surface area contributed by atoms with Crippen LogP contribution in [-0.4, -0.2) is 45.7 Å². The molecule has 1 aliphatic heterocycles. The molecule has 116 valence electrons. The number of carbonyl (C=O) groups excluding carboxylic acids is 1. The lowest BCUT2D eigenvalue weighted by atomic mass is 9.64. The number of likely N-dealkylation sites (N-methyl/N-ethyl adjacent to an activating group) is 1. The van der Waals surface area contributed by atoms with Gasteiger partial charge in [0, 0.05) is 21.0 Å². The van der Waals surface area contributed by atoms with Gasteiger partial charge in [-0.2, -0.15) is 0 Å². The second-order valence-electron chi connectivity index (χ2n) is 5.93. The van der Waals surface area contributed by atoms with E-state index in [0.29, 0.717) is 12.1 Å². The van der Waals surface area contributed by atoms with E-state index in [0.717, 1.165) is 0 Å². The summed E-state index contributed by atoms with van der Waals surface area (Å²) in [5, 5.41) is 23.5. The third kappa shape index (κ3) is 1.64. The van der Waals surface area contributed by atoms with Gasteiger partial charge in [-0.3, -0.25) is 29.9 Å². The van der Waals surface area contributed by atoms with Gasteiger partial charge >= 0.3 is 5.54 Å². The van der Waals surface area contributed by atoms with Crippen LogP contribution in [-0.2, 0) is 5.54 Å². The van der Waals surface area contributed by atoms with E-state index in [4.69, 9.17) is 0 Å². The molecule has 0 N–H and O–H groups in total. The monoisotopic (exact) mass is 305 g/mol. The maximum absolute atomic E-state index is 12.7. The van der Waals surface area contributed by atoms with Crippen molar-refractivity contribution in [2.24, 2.45) is 0 Å². The van der Waals surface area contributed by atoms with Crippen molar-refractivity contribution >= 4 is 5.78 Å². The van der Waals surface area contributed by atoms with Gasteiger partial charge < -0.3 is 0 Å². The Balaban J connectivity index is 2.32. The Hall–Kier alpha value is -2.35. The molecule has 22 heavy (non-hydrogen) atoms. The molecule has 0 aromatic heterocycles. The highest BCUT2D eigenvalue weighted by atomic mass is 16.6. The first-order valence-electron chi connectivity index (χ1n) is 7.03. The number of fused-ring (bicyclic) bond motifs is 4. The Kier molecular flexibility index (Phi) is 3.03. The zero-order valence-corrected chi connectivity index (χ0v) is 12.0. The second kappa shape index (κ2) is 4.57. The molecule has 2 atom stereocenters. The minimum absolute atomic E-state index is 0.0797. The zero-order valence-electron chi connectivity index (χ0n) is 12.0.